The topological polar surface area (TPSA) is 106 Å². The first-order valence-electron chi connectivity index (χ1n) is 10.6. The van der Waals surface area contributed by atoms with E-state index in [9.17, 15) is 14.7 Å². The summed E-state index contributed by atoms with van der Waals surface area (Å²) in [7, 11) is 3.03. The first kappa shape index (κ1) is 22.8. The lowest BCUT2D eigenvalue weighted by Gasteiger charge is -2.19. The molecule has 0 aliphatic carbocycles. The van der Waals surface area contributed by atoms with E-state index in [0.717, 1.165) is 11.0 Å². The van der Waals surface area contributed by atoms with Crippen LogP contribution >= 0.6 is 0 Å². The molecule has 3 aromatic rings. The van der Waals surface area contributed by atoms with Gasteiger partial charge in [0.15, 0.2) is 11.2 Å². The van der Waals surface area contributed by atoms with Crippen molar-refractivity contribution in [2.75, 3.05) is 11.9 Å². The van der Waals surface area contributed by atoms with Crippen LogP contribution in [0, 0.1) is 0 Å². The summed E-state index contributed by atoms with van der Waals surface area (Å²) >= 11 is 0. The standard InChI is InChI=1S/C22H32N6O3/c1-14(2)24-21-25-19-18(20(30)27(5)22(31)26(19)4)28(21)13-17(29)12-23-15(3)11-16-9-7-6-8-10-16/h6-10,14-15,17,23,29H,11-13H2,1-5H3,(H,24,25). The van der Waals surface area contributed by atoms with Gasteiger partial charge in [-0.3, -0.25) is 13.9 Å². The molecule has 2 atom stereocenters. The van der Waals surface area contributed by atoms with Gasteiger partial charge in [-0.1, -0.05) is 30.3 Å². The van der Waals surface area contributed by atoms with E-state index in [0.29, 0.717) is 23.7 Å². The van der Waals surface area contributed by atoms with Crippen LogP contribution in [-0.2, 0) is 27.1 Å². The summed E-state index contributed by atoms with van der Waals surface area (Å²) in [6, 6.07) is 10.4. The molecule has 1 aromatic carbocycles. The first-order chi connectivity index (χ1) is 14.7. The minimum atomic E-state index is -0.745. The van der Waals surface area contributed by atoms with E-state index in [1.165, 1.54) is 17.2 Å². The van der Waals surface area contributed by atoms with Crippen molar-refractivity contribution >= 4 is 17.1 Å². The van der Waals surface area contributed by atoms with Crippen LogP contribution in [0.1, 0.15) is 26.3 Å². The summed E-state index contributed by atoms with van der Waals surface area (Å²) in [6.07, 6.45) is 0.106. The average Bonchev–Trinajstić information content (AvgIpc) is 3.07. The molecule has 0 radical (unpaired) electrons. The number of hydrogen-bond donors (Lipinski definition) is 3. The Bertz CT molecular complexity index is 1150. The number of aliphatic hydroxyl groups is 1. The van der Waals surface area contributed by atoms with Gasteiger partial charge in [-0.15, -0.1) is 0 Å². The van der Waals surface area contributed by atoms with Gasteiger partial charge in [0.1, 0.15) is 0 Å². The van der Waals surface area contributed by atoms with Crippen LogP contribution in [0.3, 0.4) is 0 Å². The van der Waals surface area contributed by atoms with Crippen molar-refractivity contribution in [3.8, 4) is 0 Å². The number of benzene rings is 1. The van der Waals surface area contributed by atoms with E-state index in [2.05, 4.69) is 34.7 Å². The molecule has 0 bridgehead atoms. The molecule has 0 fully saturated rings. The molecule has 2 aromatic heterocycles. The second-order valence-corrected chi connectivity index (χ2v) is 8.38. The van der Waals surface area contributed by atoms with Crippen molar-refractivity contribution in [3.05, 3.63) is 56.7 Å². The molecule has 0 saturated heterocycles. The molecule has 0 amide bonds. The molecule has 9 nitrogen and oxygen atoms in total. The van der Waals surface area contributed by atoms with Crippen LogP contribution in [0.5, 0.6) is 0 Å². The van der Waals surface area contributed by atoms with E-state index >= 15 is 0 Å². The Morgan fingerprint density at radius 3 is 2.39 bits per heavy atom. The highest BCUT2D eigenvalue weighted by Crippen LogP contribution is 2.17. The van der Waals surface area contributed by atoms with Crippen LogP contribution in [0.25, 0.3) is 11.2 Å². The number of anilines is 1. The number of imidazole rings is 1. The zero-order valence-electron chi connectivity index (χ0n) is 18.8. The zero-order chi connectivity index (χ0) is 22.7. The summed E-state index contributed by atoms with van der Waals surface area (Å²) in [4.78, 5) is 29.6. The lowest BCUT2D eigenvalue weighted by atomic mass is 10.1. The molecule has 0 aliphatic heterocycles. The van der Waals surface area contributed by atoms with Gasteiger partial charge < -0.3 is 20.3 Å². The normalized spacial score (nSPS) is 13.6. The van der Waals surface area contributed by atoms with Gasteiger partial charge in [-0.25, -0.2) is 4.79 Å². The number of nitrogens with zero attached hydrogens (tertiary/aromatic N) is 4. The van der Waals surface area contributed by atoms with Gasteiger partial charge in [0.2, 0.25) is 5.95 Å². The predicted molar refractivity (Wildman–Crippen MR) is 123 cm³/mol. The maximum atomic E-state index is 12.8. The molecule has 0 spiro atoms. The van der Waals surface area contributed by atoms with Gasteiger partial charge in [-0.05, 0) is 32.8 Å². The summed E-state index contributed by atoms with van der Waals surface area (Å²) in [5.41, 5.74) is 0.957. The molecule has 2 unspecified atom stereocenters. The highest BCUT2D eigenvalue weighted by molar-refractivity contribution is 5.74. The smallest absolute Gasteiger partial charge is 0.332 e. The lowest BCUT2D eigenvalue weighted by Crippen LogP contribution is -2.39. The maximum absolute atomic E-state index is 12.8. The van der Waals surface area contributed by atoms with Gasteiger partial charge in [0, 0.05) is 32.7 Å². The fraction of sp³-hybridized carbons (Fsp3) is 0.500. The zero-order valence-corrected chi connectivity index (χ0v) is 18.8. The highest BCUT2D eigenvalue weighted by Gasteiger charge is 2.21. The molecule has 3 rings (SSSR count). The Labute approximate surface area is 181 Å². The fourth-order valence-corrected chi connectivity index (χ4v) is 3.64. The predicted octanol–water partition coefficient (Wildman–Crippen LogP) is 0.836. The van der Waals surface area contributed by atoms with E-state index in [1.807, 2.05) is 32.0 Å². The van der Waals surface area contributed by atoms with E-state index in [-0.39, 0.29) is 18.6 Å². The number of aromatic nitrogens is 4. The van der Waals surface area contributed by atoms with Crippen molar-refractivity contribution in [2.24, 2.45) is 14.1 Å². The Morgan fingerprint density at radius 1 is 1.06 bits per heavy atom. The third kappa shape index (κ3) is 5.05. The first-order valence-corrected chi connectivity index (χ1v) is 10.6. The molecule has 168 valence electrons. The van der Waals surface area contributed by atoms with Crippen molar-refractivity contribution in [1.82, 2.24) is 24.0 Å². The van der Waals surface area contributed by atoms with E-state index in [1.54, 1.807) is 11.6 Å². The number of nitrogens with one attached hydrogen (secondary N) is 2. The molecule has 3 N–H and O–H groups in total. The van der Waals surface area contributed by atoms with Crippen LogP contribution in [0.2, 0.25) is 0 Å². The SMILES string of the molecule is CC(C)Nc1nc2c(c(=O)n(C)c(=O)n2C)n1CC(O)CNC(C)Cc1ccccc1. The molecule has 0 aliphatic rings. The number of aryl methyl sites for hydroxylation is 1. The minimum absolute atomic E-state index is 0.0672. The molecular weight excluding hydrogens is 396 g/mol. The number of fused-ring (bicyclic) bond motifs is 1. The van der Waals surface area contributed by atoms with E-state index < -0.39 is 17.4 Å². The average molecular weight is 429 g/mol. The maximum Gasteiger partial charge on any atom is 0.332 e. The number of rotatable bonds is 9. The lowest BCUT2D eigenvalue weighted by molar-refractivity contribution is 0.149. The Hall–Kier alpha value is -2.91. The van der Waals surface area contributed by atoms with Crippen molar-refractivity contribution < 1.29 is 5.11 Å². The summed E-state index contributed by atoms with van der Waals surface area (Å²) in [5.74, 6) is 0.458. The monoisotopic (exact) mass is 428 g/mol. The quantitative estimate of drug-likeness (QED) is 0.466. The molecule has 2 heterocycles. The van der Waals surface area contributed by atoms with E-state index in [4.69, 9.17) is 0 Å². The third-order valence-corrected chi connectivity index (χ3v) is 5.25. The van der Waals surface area contributed by atoms with Crippen molar-refractivity contribution in [2.45, 2.75) is 51.9 Å². The Morgan fingerprint density at radius 2 is 1.74 bits per heavy atom. The minimum Gasteiger partial charge on any atom is -0.390 e. The highest BCUT2D eigenvalue weighted by atomic mass is 16.3. The second kappa shape index (κ2) is 9.49. The number of hydrogen-bond acceptors (Lipinski definition) is 6. The third-order valence-electron chi connectivity index (χ3n) is 5.25. The Kier molecular flexibility index (Phi) is 6.97. The molecule has 31 heavy (non-hydrogen) atoms. The molecule has 0 saturated carbocycles. The van der Waals surface area contributed by atoms with Crippen LogP contribution < -0.4 is 21.9 Å². The fourth-order valence-electron chi connectivity index (χ4n) is 3.64. The van der Waals surface area contributed by atoms with Gasteiger partial charge in [0.05, 0.1) is 12.6 Å². The van der Waals surface area contributed by atoms with Crippen molar-refractivity contribution in [1.29, 1.82) is 0 Å². The largest absolute Gasteiger partial charge is 0.390 e. The van der Waals surface area contributed by atoms with Crippen molar-refractivity contribution in [3.63, 3.8) is 0 Å². The summed E-state index contributed by atoms with van der Waals surface area (Å²) in [6.45, 7) is 6.53. The number of aliphatic hydroxyl groups excluding tert-OH is 1. The van der Waals surface area contributed by atoms with Gasteiger partial charge in [-0.2, -0.15) is 4.98 Å². The molecular formula is C22H32N6O3. The van der Waals surface area contributed by atoms with Gasteiger partial charge >= 0.3 is 5.69 Å². The van der Waals surface area contributed by atoms with Crippen LogP contribution in [0.4, 0.5) is 5.95 Å². The van der Waals surface area contributed by atoms with Crippen LogP contribution in [-0.4, -0.2) is 48.5 Å². The van der Waals surface area contributed by atoms with Gasteiger partial charge in [0.25, 0.3) is 5.56 Å². The summed E-state index contributed by atoms with van der Waals surface area (Å²) in [5, 5.41) is 17.3. The molecule has 9 heteroatoms. The second-order valence-electron chi connectivity index (χ2n) is 8.38. The Balaban J connectivity index is 1.82. The summed E-state index contributed by atoms with van der Waals surface area (Å²) < 4.78 is 4.09. The van der Waals surface area contributed by atoms with Crippen LogP contribution in [0.15, 0.2) is 39.9 Å².